The smallest absolute Gasteiger partial charge is 0.255 e. The Bertz CT molecular complexity index is 1440. The second-order valence-electron chi connectivity index (χ2n) is 7.73. The predicted molar refractivity (Wildman–Crippen MR) is 136 cm³/mol. The van der Waals surface area contributed by atoms with Crippen LogP contribution >= 0.6 is 0 Å². The maximum atomic E-state index is 13.1. The molecule has 0 unspecified atom stereocenters. The van der Waals surface area contributed by atoms with Crippen molar-refractivity contribution in [3.63, 3.8) is 0 Å². The standard InChI is InChI=1S/C28H23N3O3/c1-33-24-16-8-13-20(26(24)34-2)17-23(31-28(32)19-9-4-3-5-10-19)27-29-21-14-6-11-18-12-7-15-22(30-27)25(18)21/h3-17H,1-2H3,(H,29,30)(H,31,32)/b23-17-. The van der Waals surface area contributed by atoms with Crippen molar-refractivity contribution in [2.24, 2.45) is 4.99 Å². The zero-order valence-corrected chi connectivity index (χ0v) is 18.8. The highest BCUT2D eigenvalue weighted by molar-refractivity contribution is 6.21. The minimum absolute atomic E-state index is 0.240. The lowest BCUT2D eigenvalue weighted by atomic mass is 10.0. The monoisotopic (exact) mass is 449 g/mol. The third-order valence-electron chi connectivity index (χ3n) is 5.64. The van der Waals surface area contributed by atoms with Crippen molar-refractivity contribution in [2.75, 3.05) is 19.5 Å². The van der Waals surface area contributed by atoms with Gasteiger partial charge in [-0.05, 0) is 41.8 Å². The molecule has 168 valence electrons. The molecule has 0 aromatic heterocycles. The molecule has 0 fully saturated rings. The maximum Gasteiger partial charge on any atom is 0.255 e. The van der Waals surface area contributed by atoms with Crippen molar-refractivity contribution < 1.29 is 14.3 Å². The third-order valence-corrected chi connectivity index (χ3v) is 5.64. The first kappa shape index (κ1) is 21.3. The number of hydrogen-bond acceptors (Lipinski definition) is 5. The number of rotatable bonds is 6. The highest BCUT2D eigenvalue weighted by Crippen LogP contribution is 2.37. The van der Waals surface area contributed by atoms with Crippen LogP contribution in [0.3, 0.4) is 0 Å². The molecule has 1 amide bonds. The summed E-state index contributed by atoms with van der Waals surface area (Å²) >= 11 is 0. The maximum absolute atomic E-state index is 13.1. The summed E-state index contributed by atoms with van der Waals surface area (Å²) in [5, 5.41) is 8.57. The number of benzene rings is 4. The van der Waals surface area contributed by atoms with Crippen LogP contribution in [0.1, 0.15) is 15.9 Å². The zero-order valence-electron chi connectivity index (χ0n) is 18.8. The van der Waals surface area contributed by atoms with Crippen LogP contribution in [0.15, 0.2) is 95.6 Å². The van der Waals surface area contributed by atoms with Crippen LogP contribution < -0.4 is 20.1 Å². The fourth-order valence-electron chi connectivity index (χ4n) is 4.05. The fourth-order valence-corrected chi connectivity index (χ4v) is 4.05. The molecule has 6 nitrogen and oxygen atoms in total. The molecule has 34 heavy (non-hydrogen) atoms. The summed E-state index contributed by atoms with van der Waals surface area (Å²) in [6.07, 6.45) is 1.84. The van der Waals surface area contributed by atoms with Crippen LogP contribution in [-0.2, 0) is 0 Å². The van der Waals surface area contributed by atoms with Crippen molar-refractivity contribution in [3.8, 4) is 11.5 Å². The number of nitrogens with one attached hydrogen (secondary N) is 2. The van der Waals surface area contributed by atoms with Gasteiger partial charge >= 0.3 is 0 Å². The minimum Gasteiger partial charge on any atom is -0.493 e. The number of nitrogens with zero attached hydrogens (tertiary/aromatic N) is 1. The van der Waals surface area contributed by atoms with Gasteiger partial charge in [-0.3, -0.25) is 4.79 Å². The van der Waals surface area contributed by atoms with Gasteiger partial charge < -0.3 is 20.1 Å². The van der Waals surface area contributed by atoms with Crippen LogP contribution in [0, 0.1) is 0 Å². The largest absolute Gasteiger partial charge is 0.493 e. The van der Waals surface area contributed by atoms with E-state index in [0.717, 1.165) is 27.7 Å². The van der Waals surface area contributed by atoms with E-state index in [1.807, 2.05) is 66.7 Å². The molecule has 0 radical (unpaired) electrons. The molecule has 1 heterocycles. The fraction of sp³-hybridized carbons (Fsp3) is 0.0714. The number of anilines is 1. The number of carbonyl (C=O) groups is 1. The van der Waals surface area contributed by atoms with E-state index in [9.17, 15) is 4.79 Å². The first-order valence-corrected chi connectivity index (χ1v) is 10.8. The van der Waals surface area contributed by atoms with Gasteiger partial charge in [0.05, 0.1) is 25.6 Å². The lowest BCUT2D eigenvalue weighted by molar-refractivity contribution is 0.0968. The minimum atomic E-state index is -0.240. The highest BCUT2D eigenvalue weighted by atomic mass is 16.5. The second-order valence-corrected chi connectivity index (χ2v) is 7.73. The van der Waals surface area contributed by atoms with Gasteiger partial charge in [0.2, 0.25) is 0 Å². The van der Waals surface area contributed by atoms with E-state index in [2.05, 4.69) is 22.8 Å². The Balaban J connectivity index is 1.63. The van der Waals surface area contributed by atoms with E-state index in [4.69, 9.17) is 14.5 Å². The number of hydrogen-bond donors (Lipinski definition) is 2. The van der Waals surface area contributed by atoms with E-state index in [0.29, 0.717) is 28.6 Å². The predicted octanol–water partition coefficient (Wildman–Crippen LogP) is 5.78. The van der Waals surface area contributed by atoms with Gasteiger partial charge in [-0.1, -0.05) is 54.6 Å². The first-order valence-electron chi connectivity index (χ1n) is 10.8. The molecular weight excluding hydrogens is 426 g/mol. The highest BCUT2D eigenvalue weighted by Gasteiger charge is 2.20. The van der Waals surface area contributed by atoms with Crippen molar-refractivity contribution in [2.45, 2.75) is 0 Å². The Kier molecular flexibility index (Phi) is 5.70. The van der Waals surface area contributed by atoms with Gasteiger partial charge in [0.15, 0.2) is 17.3 Å². The Morgan fingerprint density at radius 1 is 0.882 bits per heavy atom. The normalized spacial score (nSPS) is 12.5. The molecule has 0 aliphatic carbocycles. The molecule has 1 aliphatic rings. The summed E-state index contributed by atoms with van der Waals surface area (Å²) in [6.45, 7) is 0. The van der Waals surface area contributed by atoms with Gasteiger partial charge in [0, 0.05) is 22.2 Å². The Morgan fingerprint density at radius 3 is 2.41 bits per heavy atom. The molecule has 0 saturated carbocycles. The molecule has 0 atom stereocenters. The topological polar surface area (TPSA) is 72.0 Å². The molecule has 2 N–H and O–H groups in total. The van der Waals surface area contributed by atoms with E-state index >= 15 is 0 Å². The van der Waals surface area contributed by atoms with Gasteiger partial charge in [-0.2, -0.15) is 0 Å². The second kappa shape index (κ2) is 9.11. The summed E-state index contributed by atoms with van der Waals surface area (Å²) < 4.78 is 11.1. The molecule has 4 aromatic rings. The summed E-state index contributed by atoms with van der Waals surface area (Å²) in [5.74, 6) is 1.45. The van der Waals surface area contributed by atoms with Crippen LogP contribution in [0.2, 0.25) is 0 Å². The van der Waals surface area contributed by atoms with Crippen LogP contribution in [0.4, 0.5) is 11.4 Å². The summed E-state index contributed by atoms with van der Waals surface area (Å²) in [6, 6.07) is 26.7. The number of para-hydroxylation sites is 1. The number of ether oxygens (including phenoxy) is 2. The molecular formula is C28H23N3O3. The van der Waals surface area contributed by atoms with Crippen LogP contribution in [0.5, 0.6) is 11.5 Å². The van der Waals surface area contributed by atoms with Crippen molar-refractivity contribution >= 4 is 40.0 Å². The summed E-state index contributed by atoms with van der Waals surface area (Å²) in [4.78, 5) is 18.0. The average molecular weight is 450 g/mol. The van der Waals surface area contributed by atoms with Crippen molar-refractivity contribution in [3.05, 3.63) is 102 Å². The Labute approximate surface area is 197 Å². The number of aliphatic imine (C=N–C) groups is 1. The SMILES string of the molecule is COc1cccc(/C=C(\NC(=O)c2ccccc2)C2=Nc3cccc4cccc(c34)N2)c1OC. The van der Waals surface area contributed by atoms with Crippen LogP contribution in [-0.4, -0.2) is 26.0 Å². The number of amidine groups is 1. The van der Waals surface area contributed by atoms with Gasteiger partial charge in [-0.25, -0.2) is 4.99 Å². The third kappa shape index (κ3) is 3.97. The number of carbonyl (C=O) groups excluding carboxylic acids is 1. The van der Waals surface area contributed by atoms with E-state index in [-0.39, 0.29) is 5.91 Å². The lowest BCUT2D eigenvalue weighted by Gasteiger charge is -2.21. The molecule has 0 spiro atoms. The van der Waals surface area contributed by atoms with Crippen molar-refractivity contribution in [1.82, 2.24) is 5.32 Å². The van der Waals surface area contributed by atoms with E-state index < -0.39 is 0 Å². The van der Waals surface area contributed by atoms with E-state index in [1.165, 1.54) is 0 Å². The lowest BCUT2D eigenvalue weighted by Crippen LogP contribution is -2.31. The molecule has 4 aromatic carbocycles. The average Bonchev–Trinajstić information content (AvgIpc) is 2.88. The Morgan fingerprint density at radius 2 is 1.65 bits per heavy atom. The molecule has 1 aliphatic heterocycles. The summed E-state index contributed by atoms with van der Waals surface area (Å²) in [7, 11) is 3.18. The van der Waals surface area contributed by atoms with Gasteiger partial charge in [0.1, 0.15) is 0 Å². The van der Waals surface area contributed by atoms with Gasteiger partial charge in [-0.15, -0.1) is 0 Å². The zero-order chi connectivity index (χ0) is 23.5. The molecule has 0 bridgehead atoms. The number of methoxy groups -OCH3 is 2. The van der Waals surface area contributed by atoms with Gasteiger partial charge in [0.25, 0.3) is 5.91 Å². The quantitative estimate of drug-likeness (QED) is 0.391. The number of amides is 1. The Hall–Kier alpha value is -4.58. The molecule has 5 rings (SSSR count). The molecule has 6 heteroatoms. The molecule has 0 saturated heterocycles. The summed E-state index contributed by atoms with van der Waals surface area (Å²) in [5.41, 5.74) is 3.55. The van der Waals surface area contributed by atoms with E-state index in [1.54, 1.807) is 26.4 Å². The van der Waals surface area contributed by atoms with Crippen LogP contribution in [0.25, 0.3) is 16.8 Å². The first-order chi connectivity index (χ1) is 16.7. The van der Waals surface area contributed by atoms with Crippen molar-refractivity contribution in [1.29, 1.82) is 0 Å².